The van der Waals surface area contributed by atoms with E-state index in [2.05, 4.69) is 29.4 Å². The Morgan fingerprint density at radius 3 is 2.44 bits per heavy atom. The van der Waals surface area contributed by atoms with E-state index in [1.54, 1.807) is 6.92 Å². The number of alkyl carbamates (subject to hydrolysis) is 1. The number of hydrogen-bond acceptors (Lipinski definition) is 4. The molecular weight excluding hydrogens is 226 g/mol. The minimum atomic E-state index is -0.511. The fourth-order valence-corrected chi connectivity index (χ4v) is 1.36. The maximum Gasteiger partial charge on any atom is 0.413 e. The molecule has 0 aliphatic rings. The van der Waals surface area contributed by atoms with Crippen LogP contribution in [0, 0.1) is 0 Å². The van der Waals surface area contributed by atoms with Crippen LogP contribution >= 0.6 is 12.2 Å². The number of amides is 1. The fourth-order valence-electron chi connectivity index (χ4n) is 1.17. The van der Waals surface area contributed by atoms with Gasteiger partial charge in [-0.3, -0.25) is 5.32 Å². The van der Waals surface area contributed by atoms with Crippen molar-refractivity contribution in [2.24, 2.45) is 0 Å². The molecule has 0 unspecified atom stereocenters. The Bertz CT molecular complexity index is 220. The Morgan fingerprint density at radius 1 is 1.31 bits per heavy atom. The van der Waals surface area contributed by atoms with Gasteiger partial charge in [-0.1, -0.05) is 13.8 Å². The minimum Gasteiger partial charge on any atom is -0.450 e. The van der Waals surface area contributed by atoms with E-state index in [0.29, 0.717) is 18.3 Å². The maximum atomic E-state index is 11.0. The second-order valence-corrected chi connectivity index (χ2v) is 3.54. The van der Waals surface area contributed by atoms with Gasteiger partial charge in [0.15, 0.2) is 5.11 Å². The molecule has 2 N–H and O–H groups in total. The molecule has 0 fully saturated rings. The summed E-state index contributed by atoms with van der Waals surface area (Å²) in [6, 6.07) is 0. The van der Waals surface area contributed by atoms with E-state index in [1.807, 2.05) is 0 Å². The summed E-state index contributed by atoms with van der Waals surface area (Å²) >= 11 is 4.93. The Balaban J connectivity index is 3.61. The molecule has 0 bridgehead atoms. The van der Waals surface area contributed by atoms with Gasteiger partial charge in [-0.2, -0.15) is 0 Å². The van der Waals surface area contributed by atoms with Crippen molar-refractivity contribution in [2.45, 2.75) is 20.8 Å². The second kappa shape index (κ2) is 9.35. The number of carbonyl (C=O) groups excluding carboxylic acids is 1. The van der Waals surface area contributed by atoms with Crippen molar-refractivity contribution in [2.75, 3.05) is 32.8 Å². The molecule has 0 atom stereocenters. The van der Waals surface area contributed by atoms with Crippen molar-refractivity contribution in [3.63, 3.8) is 0 Å². The van der Waals surface area contributed by atoms with Crippen LogP contribution < -0.4 is 10.6 Å². The lowest BCUT2D eigenvalue weighted by Crippen LogP contribution is -2.42. The van der Waals surface area contributed by atoms with Crippen molar-refractivity contribution >= 4 is 23.4 Å². The Kier molecular flexibility index (Phi) is 8.84. The Labute approximate surface area is 103 Å². The zero-order valence-electron chi connectivity index (χ0n) is 10.2. The molecule has 94 valence electrons. The number of ether oxygens (including phenoxy) is 1. The first-order valence-electron chi connectivity index (χ1n) is 5.57. The highest BCUT2D eigenvalue weighted by molar-refractivity contribution is 7.80. The minimum absolute atomic E-state index is 0.311. The largest absolute Gasteiger partial charge is 0.450 e. The molecule has 0 rings (SSSR count). The molecule has 5 nitrogen and oxygen atoms in total. The van der Waals surface area contributed by atoms with Gasteiger partial charge in [0.05, 0.1) is 6.61 Å². The normalized spacial score (nSPS) is 10.0. The lowest BCUT2D eigenvalue weighted by molar-refractivity contribution is 0.157. The van der Waals surface area contributed by atoms with Gasteiger partial charge < -0.3 is 15.0 Å². The van der Waals surface area contributed by atoms with Crippen LogP contribution in [-0.4, -0.2) is 48.9 Å². The first kappa shape index (κ1) is 15.1. The number of rotatable bonds is 6. The van der Waals surface area contributed by atoms with Crippen molar-refractivity contribution < 1.29 is 9.53 Å². The lowest BCUT2D eigenvalue weighted by atomic mass is 10.5. The van der Waals surface area contributed by atoms with Crippen LogP contribution in [0.25, 0.3) is 0 Å². The van der Waals surface area contributed by atoms with Gasteiger partial charge in [0.2, 0.25) is 0 Å². The number of likely N-dealkylation sites (N-methyl/N-ethyl adjacent to an activating group) is 1. The van der Waals surface area contributed by atoms with E-state index in [4.69, 9.17) is 17.0 Å². The second-order valence-electron chi connectivity index (χ2n) is 3.13. The van der Waals surface area contributed by atoms with Crippen LogP contribution in [-0.2, 0) is 4.74 Å². The summed E-state index contributed by atoms with van der Waals surface area (Å²) in [6.45, 7) is 9.94. The molecule has 0 aromatic carbocycles. The third-order valence-electron chi connectivity index (χ3n) is 2.10. The molecule has 0 aliphatic carbocycles. The van der Waals surface area contributed by atoms with Crippen LogP contribution in [0.4, 0.5) is 4.79 Å². The molecule has 0 radical (unpaired) electrons. The lowest BCUT2D eigenvalue weighted by Gasteiger charge is -2.18. The molecule has 0 aromatic rings. The summed E-state index contributed by atoms with van der Waals surface area (Å²) in [4.78, 5) is 13.3. The zero-order chi connectivity index (χ0) is 12.4. The molecular formula is C10H21N3O2S. The third kappa shape index (κ3) is 7.42. The van der Waals surface area contributed by atoms with Gasteiger partial charge in [-0.05, 0) is 32.2 Å². The molecule has 0 saturated heterocycles. The molecule has 0 saturated carbocycles. The van der Waals surface area contributed by atoms with E-state index < -0.39 is 6.09 Å². The van der Waals surface area contributed by atoms with Crippen molar-refractivity contribution in [3.05, 3.63) is 0 Å². The van der Waals surface area contributed by atoms with Gasteiger partial charge >= 0.3 is 6.09 Å². The van der Waals surface area contributed by atoms with Crippen molar-refractivity contribution in [1.29, 1.82) is 0 Å². The average Bonchev–Trinajstić information content (AvgIpc) is 2.24. The molecule has 0 aliphatic heterocycles. The fraction of sp³-hybridized carbons (Fsp3) is 0.800. The monoisotopic (exact) mass is 247 g/mol. The van der Waals surface area contributed by atoms with Crippen molar-refractivity contribution in [3.8, 4) is 0 Å². The van der Waals surface area contributed by atoms with Gasteiger partial charge in [-0.25, -0.2) is 4.79 Å². The number of thiocarbonyl (C=S) groups is 1. The zero-order valence-corrected chi connectivity index (χ0v) is 11.0. The highest BCUT2D eigenvalue weighted by atomic mass is 32.1. The van der Waals surface area contributed by atoms with Crippen LogP contribution in [0.1, 0.15) is 20.8 Å². The first-order chi connectivity index (χ1) is 7.63. The van der Waals surface area contributed by atoms with E-state index in [9.17, 15) is 4.79 Å². The van der Waals surface area contributed by atoms with Gasteiger partial charge in [0.1, 0.15) is 0 Å². The van der Waals surface area contributed by atoms with Crippen LogP contribution in [0.3, 0.4) is 0 Å². The molecule has 0 spiro atoms. The van der Waals surface area contributed by atoms with Crippen LogP contribution in [0.5, 0.6) is 0 Å². The van der Waals surface area contributed by atoms with E-state index >= 15 is 0 Å². The quantitative estimate of drug-likeness (QED) is 0.684. The van der Waals surface area contributed by atoms with E-state index in [-0.39, 0.29) is 0 Å². The standard InChI is InChI=1S/C10H21N3O2S/c1-4-13(5-2)8-7-11-9(16)12-10(14)15-6-3/h4-8H2,1-3H3,(H2,11,12,14,16). The predicted molar refractivity (Wildman–Crippen MR) is 68.5 cm³/mol. The molecule has 1 amide bonds. The van der Waals surface area contributed by atoms with E-state index in [0.717, 1.165) is 19.6 Å². The van der Waals surface area contributed by atoms with Crippen LogP contribution in [0.15, 0.2) is 0 Å². The number of nitrogens with one attached hydrogen (secondary N) is 2. The Morgan fingerprint density at radius 2 is 1.94 bits per heavy atom. The summed E-state index contributed by atoms with van der Waals surface area (Å²) in [6.07, 6.45) is -0.511. The third-order valence-corrected chi connectivity index (χ3v) is 2.35. The van der Waals surface area contributed by atoms with Crippen molar-refractivity contribution in [1.82, 2.24) is 15.5 Å². The molecule has 0 heterocycles. The number of nitrogens with zero attached hydrogens (tertiary/aromatic N) is 1. The molecule has 0 aromatic heterocycles. The SMILES string of the molecule is CCOC(=O)NC(=S)NCCN(CC)CC. The van der Waals surface area contributed by atoms with Gasteiger partial charge in [-0.15, -0.1) is 0 Å². The Hall–Kier alpha value is -0.880. The summed E-state index contributed by atoms with van der Waals surface area (Å²) in [7, 11) is 0. The first-order valence-corrected chi connectivity index (χ1v) is 5.98. The number of carbonyl (C=O) groups is 1. The highest BCUT2D eigenvalue weighted by Crippen LogP contribution is 1.84. The smallest absolute Gasteiger partial charge is 0.413 e. The van der Waals surface area contributed by atoms with Gasteiger partial charge in [0, 0.05) is 13.1 Å². The average molecular weight is 247 g/mol. The molecule has 16 heavy (non-hydrogen) atoms. The topological polar surface area (TPSA) is 53.6 Å². The number of hydrogen-bond donors (Lipinski definition) is 2. The van der Waals surface area contributed by atoms with E-state index in [1.165, 1.54) is 0 Å². The summed E-state index contributed by atoms with van der Waals surface area (Å²) in [5.41, 5.74) is 0. The van der Waals surface area contributed by atoms with Gasteiger partial charge in [0.25, 0.3) is 0 Å². The summed E-state index contributed by atoms with van der Waals surface area (Å²) in [5.74, 6) is 0. The maximum absolute atomic E-state index is 11.0. The van der Waals surface area contributed by atoms with Crippen LogP contribution in [0.2, 0.25) is 0 Å². The predicted octanol–water partition coefficient (Wildman–Crippen LogP) is 0.949. The highest BCUT2D eigenvalue weighted by Gasteiger charge is 2.04. The summed E-state index contributed by atoms with van der Waals surface area (Å²) < 4.78 is 4.69. The summed E-state index contributed by atoms with van der Waals surface area (Å²) in [5, 5.41) is 5.69. The molecule has 6 heteroatoms.